The number of hydrogen-bond acceptors (Lipinski definition) is 2. The molecule has 0 aromatic carbocycles. The third kappa shape index (κ3) is 1.48. The summed E-state index contributed by atoms with van der Waals surface area (Å²) in [6.45, 7) is 6.57. The van der Waals surface area contributed by atoms with E-state index in [1.54, 1.807) is 0 Å². The molecular weight excluding hydrogens is 162 g/mol. The average Bonchev–Trinajstić information content (AvgIpc) is 2.51. The molecule has 0 radical (unpaired) electrons. The van der Waals surface area contributed by atoms with Crippen LogP contribution >= 0.6 is 0 Å². The SMILES string of the molecule is CCCn1cnc2c1C(C)NCC2. The second-order valence-corrected chi connectivity index (χ2v) is 3.70. The summed E-state index contributed by atoms with van der Waals surface area (Å²) in [7, 11) is 0. The summed E-state index contributed by atoms with van der Waals surface area (Å²) < 4.78 is 2.28. The van der Waals surface area contributed by atoms with E-state index in [0.29, 0.717) is 6.04 Å². The van der Waals surface area contributed by atoms with Crippen molar-refractivity contribution in [2.24, 2.45) is 0 Å². The van der Waals surface area contributed by atoms with Gasteiger partial charge in [-0.25, -0.2) is 4.98 Å². The molecule has 72 valence electrons. The maximum atomic E-state index is 4.45. The van der Waals surface area contributed by atoms with E-state index in [1.165, 1.54) is 17.8 Å². The Morgan fingerprint density at radius 3 is 3.31 bits per heavy atom. The van der Waals surface area contributed by atoms with Crippen LogP contribution in [0.2, 0.25) is 0 Å². The molecule has 1 aliphatic rings. The number of nitrogens with zero attached hydrogens (tertiary/aromatic N) is 2. The van der Waals surface area contributed by atoms with Gasteiger partial charge in [0.15, 0.2) is 0 Å². The van der Waals surface area contributed by atoms with Crippen molar-refractivity contribution in [2.45, 2.75) is 39.3 Å². The van der Waals surface area contributed by atoms with E-state index in [2.05, 4.69) is 28.7 Å². The molecule has 0 amide bonds. The van der Waals surface area contributed by atoms with Crippen LogP contribution < -0.4 is 5.32 Å². The van der Waals surface area contributed by atoms with Crippen molar-refractivity contribution in [3.63, 3.8) is 0 Å². The van der Waals surface area contributed by atoms with Gasteiger partial charge >= 0.3 is 0 Å². The number of rotatable bonds is 2. The first-order valence-electron chi connectivity index (χ1n) is 5.10. The third-order valence-corrected chi connectivity index (χ3v) is 2.65. The fourth-order valence-electron chi connectivity index (χ4n) is 2.05. The van der Waals surface area contributed by atoms with Crippen LogP contribution in [-0.2, 0) is 13.0 Å². The van der Waals surface area contributed by atoms with Crippen molar-refractivity contribution in [1.82, 2.24) is 14.9 Å². The molecule has 0 aliphatic carbocycles. The van der Waals surface area contributed by atoms with E-state index in [1.807, 2.05) is 6.33 Å². The summed E-state index contributed by atoms with van der Waals surface area (Å²) in [5.41, 5.74) is 2.69. The fraction of sp³-hybridized carbons (Fsp3) is 0.700. The van der Waals surface area contributed by atoms with Crippen molar-refractivity contribution >= 4 is 0 Å². The van der Waals surface area contributed by atoms with Gasteiger partial charge in [-0.3, -0.25) is 0 Å². The molecule has 13 heavy (non-hydrogen) atoms. The Morgan fingerprint density at radius 2 is 2.54 bits per heavy atom. The van der Waals surface area contributed by atoms with Crippen LogP contribution in [0.5, 0.6) is 0 Å². The van der Waals surface area contributed by atoms with Gasteiger partial charge in [0, 0.05) is 25.6 Å². The monoisotopic (exact) mass is 179 g/mol. The van der Waals surface area contributed by atoms with Gasteiger partial charge in [-0.15, -0.1) is 0 Å². The smallest absolute Gasteiger partial charge is 0.0952 e. The lowest BCUT2D eigenvalue weighted by molar-refractivity contribution is 0.493. The van der Waals surface area contributed by atoms with Gasteiger partial charge in [0.1, 0.15) is 0 Å². The molecule has 0 saturated carbocycles. The molecule has 0 fully saturated rings. The summed E-state index contributed by atoms with van der Waals surface area (Å²) in [6, 6.07) is 0.470. The van der Waals surface area contributed by atoms with Crippen LogP contribution in [-0.4, -0.2) is 16.1 Å². The second-order valence-electron chi connectivity index (χ2n) is 3.70. The zero-order valence-corrected chi connectivity index (χ0v) is 8.38. The summed E-state index contributed by atoms with van der Waals surface area (Å²) in [4.78, 5) is 4.45. The molecule has 2 rings (SSSR count). The van der Waals surface area contributed by atoms with Crippen LogP contribution in [0.15, 0.2) is 6.33 Å². The first-order valence-corrected chi connectivity index (χ1v) is 5.10. The number of aromatic nitrogens is 2. The number of fused-ring (bicyclic) bond motifs is 1. The number of imidazole rings is 1. The predicted molar refractivity (Wildman–Crippen MR) is 52.6 cm³/mol. The summed E-state index contributed by atoms with van der Waals surface area (Å²) in [6.07, 6.45) is 4.24. The van der Waals surface area contributed by atoms with E-state index in [9.17, 15) is 0 Å². The molecule has 0 bridgehead atoms. The second kappa shape index (κ2) is 3.50. The number of nitrogens with one attached hydrogen (secondary N) is 1. The van der Waals surface area contributed by atoms with Crippen molar-refractivity contribution in [1.29, 1.82) is 0 Å². The maximum absolute atomic E-state index is 4.45. The molecular formula is C10H17N3. The molecule has 1 N–H and O–H groups in total. The summed E-state index contributed by atoms with van der Waals surface area (Å²) in [5.74, 6) is 0. The molecule has 0 saturated heterocycles. The summed E-state index contributed by atoms with van der Waals surface area (Å²) in [5, 5.41) is 3.46. The largest absolute Gasteiger partial charge is 0.333 e. The lowest BCUT2D eigenvalue weighted by Crippen LogP contribution is -2.29. The lowest BCUT2D eigenvalue weighted by Gasteiger charge is -2.22. The van der Waals surface area contributed by atoms with E-state index < -0.39 is 0 Å². The zero-order valence-electron chi connectivity index (χ0n) is 8.38. The molecule has 1 atom stereocenters. The van der Waals surface area contributed by atoms with Crippen molar-refractivity contribution in [3.8, 4) is 0 Å². The minimum atomic E-state index is 0.470. The van der Waals surface area contributed by atoms with Gasteiger partial charge in [-0.05, 0) is 13.3 Å². The maximum Gasteiger partial charge on any atom is 0.0952 e. The first kappa shape index (κ1) is 8.75. The molecule has 3 nitrogen and oxygen atoms in total. The van der Waals surface area contributed by atoms with Crippen LogP contribution in [0.1, 0.15) is 37.7 Å². The van der Waals surface area contributed by atoms with E-state index in [-0.39, 0.29) is 0 Å². The van der Waals surface area contributed by atoms with Gasteiger partial charge in [0.05, 0.1) is 17.7 Å². The molecule has 2 heterocycles. The Labute approximate surface area is 79.2 Å². The summed E-state index contributed by atoms with van der Waals surface area (Å²) >= 11 is 0. The average molecular weight is 179 g/mol. The van der Waals surface area contributed by atoms with Crippen LogP contribution in [0.4, 0.5) is 0 Å². The minimum absolute atomic E-state index is 0.470. The molecule has 1 aromatic heterocycles. The standard InChI is InChI=1S/C10H17N3/c1-3-6-13-7-12-9-4-5-11-8(2)10(9)13/h7-8,11H,3-6H2,1-2H3. The highest BCUT2D eigenvalue weighted by Crippen LogP contribution is 2.21. The fourth-order valence-corrected chi connectivity index (χ4v) is 2.05. The molecule has 3 heteroatoms. The first-order chi connectivity index (χ1) is 6.33. The van der Waals surface area contributed by atoms with Crippen molar-refractivity contribution in [3.05, 3.63) is 17.7 Å². The van der Waals surface area contributed by atoms with Crippen molar-refractivity contribution < 1.29 is 0 Å². The predicted octanol–water partition coefficient (Wildman–Crippen LogP) is 1.50. The van der Waals surface area contributed by atoms with Gasteiger partial charge in [0.2, 0.25) is 0 Å². The number of hydrogen-bond donors (Lipinski definition) is 1. The minimum Gasteiger partial charge on any atom is -0.333 e. The van der Waals surface area contributed by atoms with Crippen molar-refractivity contribution in [2.75, 3.05) is 6.54 Å². The van der Waals surface area contributed by atoms with E-state index >= 15 is 0 Å². The zero-order chi connectivity index (χ0) is 9.26. The van der Waals surface area contributed by atoms with Gasteiger partial charge < -0.3 is 9.88 Å². The van der Waals surface area contributed by atoms with Gasteiger partial charge in [0.25, 0.3) is 0 Å². The molecule has 1 aromatic rings. The molecule has 1 aliphatic heterocycles. The topological polar surface area (TPSA) is 29.9 Å². The highest BCUT2D eigenvalue weighted by Gasteiger charge is 2.20. The highest BCUT2D eigenvalue weighted by atomic mass is 15.1. The quantitative estimate of drug-likeness (QED) is 0.745. The van der Waals surface area contributed by atoms with Crippen LogP contribution in [0, 0.1) is 0 Å². The Bertz CT molecular complexity index is 290. The highest BCUT2D eigenvalue weighted by molar-refractivity contribution is 5.20. The Balaban J connectivity index is 2.32. The molecule has 1 unspecified atom stereocenters. The third-order valence-electron chi connectivity index (χ3n) is 2.65. The number of aryl methyl sites for hydroxylation is 1. The molecule has 0 spiro atoms. The van der Waals surface area contributed by atoms with Gasteiger partial charge in [-0.2, -0.15) is 0 Å². The lowest BCUT2D eigenvalue weighted by atomic mass is 10.1. The van der Waals surface area contributed by atoms with Gasteiger partial charge in [-0.1, -0.05) is 6.92 Å². The van der Waals surface area contributed by atoms with Crippen LogP contribution in [0.25, 0.3) is 0 Å². The Kier molecular flexibility index (Phi) is 2.36. The van der Waals surface area contributed by atoms with Crippen LogP contribution in [0.3, 0.4) is 0 Å². The Morgan fingerprint density at radius 1 is 1.69 bits per heavy atom. The van der Waals surface area contributed by atoms with E-state index in [4.69, 9.17) is 0 Å². The van der Waals surface area contributed by atoms with E-state index in [0.717, 1.165) is 19.5 Å². The normalized spacial score (nSPS) is 21.5. The Hall–Kier alpha value is -0.830.